The SMILES string of the molecule is O=C(O)/C=C\c1n[nH]c(Cl)n1. The Balaban J connectivity index is 2.71. The molecule has 5 nitrogen and oxygen atoms in total. The molecule has 1 aromatic heterocycles. The predicted molar refractivity (Wildman–Crippen MR) is 38.1 cm³/mol. The van der Waals surface area contributed by atoms with Crippen LogP contribution in [0.15, 0.2) is 6.08 Å². The molecule has 0 spiro atoms. The molecule has 0 aliphatic carbocycles. The van der Waals surface area contributed by atoms with Crippen molar-refractivity contribution >= 4 is 23.6 Å². The van der Waals surface area contributed by atoms with Gasteiger partial charge in [-0.3, -0.25) is 0 Å². The van der Waals surface area contributed by atoms with Crippen molar-refractivity contribution in [3.05, 3.63) is 17.2 Å². The van der Waals surface area contributed by atoms with Crippen molar-refractivity contribution in [1.82, 2.24) is 15.2 Å². The third-order valence-corrected chi connectivity index (χ3v) is 1.02. The van der Waals surface area contributed by atoms with Crippen molar-refractivity contribution < 1.29 is 9.90 Å². The average molecular weight is 174 g/mol. The van der Waals surface area contributed by atoms with E-state index in [1.54, 1.807) is 0 Å². The molecular formula is C5H4ClN3O2. The van der Waals surface area contributed by atoms with Crippen molar-refractivity contribution in [2.45, 2.75) is 0 Å². The summed E-state index contributed by atoms with van der Waals surface area (Å²) in [5.74, 6) is -0.802. The van der Waals surface area contributed by atoms with E-state index in [4.69, 9.17) is 16.7 Å². The first-order valence-electron chi connectivity index (χ1n) is 2.67. The highest BCUT2D eigenvalue weighted by Crippen LogP contribution is 1.99. The molecule has 2 N–H and O–H groups in total. The molecule has 0 unspecified atom stereocenters. The summed E-state index contributed by atoms with van der Waals surface area (Å²) in [6.07, 6.45) is 2.17. The number of aromatic nitrogens is 3. The molecule has 0 fully saturated rings. The lowest BCUT2D eigenvalue weighted by Crippen LogP contribution is -1.86. The zero-order valence-corrected chi connectivity index (χ0v) is 6.04. The van der Waals surface area contributed by atoms with E-state index in [0.717, 1.165) is 6.08 Å². The fourth-order valence-electron chi connectivity index (χ4n) is 0.474. The number of hydrogen-bond donors (Lipinski definition) is 2. The van der Waals surface area contributed by atoms with Crippen molar-refractivity contribution in [3.63, 3.8) is 0 Å². The molecule has 11 heavy (non-hydrogen) atoms. The maximum absolute atomic E-state index is 9.99. The predicted octanol–water partition coefficient (Wildman–Crippen LogP) is 0.556. The van der Waals surface area contributed by atoms with Crippen molar-refractivity contribution in [2.24, 2.45) is 0 Å². The number of nitrogens with zero attached hydrogens (tertiary/aromatic N) is 2. The first-order chi connectivity index (χ1) is 5.18. The Kier molecular flexibility index (Phi) is 2.22. The number of carboxylic acid groups (broad SMARTS) is 1. The van der Waals surface area contributed by atoms with Gasteiger partial charge in [0.2, 0.25) is 5.28 Å². The zero-order valence-electron chi connectivity index (χ0n) is 5.28. The van der Waals surface area contributed by atoms with E-state index in [2.05, 4.69) is 15.2 Å². The van der Waals surface area contributed by atoms with Crippen LogP contribution in [0.3, 0.4) is 0 Å². The number of rotatable bonds is 2. The van der Waals surface area contributed by atoms with E-state index in [1.807, 2.05) is 0 Å². The topological polar surface area (TPSA) is 78.9 Å². The van der Waals surface area contributed by atoms with Gasteiger partial charge in [-0.15, -0.1) is 0 Å². The molecule has 1 rings (SSSR count). The highest BCUT2D eigenvalue weighted by molar-refractivity contribution is 6.28. The molecule has 1 heterocycles. The maximum atomic E-state index is 9.99. The lowest BCUT2D eigenvalue weighted by molar-refractivity contribution is -0.131. The van der Waals surface area contributed by atoms with Gasteiger partial charge in [0.1, 0.15) is 0 Å². The average Bonchev–Trinajstić information content (AvgIpc) is 2.31. The second kappa shape index (κ2) is 3.16. The Labute approximate surface area is 66.7 Å². The van der Waals surface area contributed by atoms with Crippen LogP contribution in [0.1, 0.15) is 5.82 Å². The zero-order chi connectivity index (χ0) is 8.27. The fraction of sp³-hybridized carbons (Fsp3) is 0. The Hall–Kier alpha value is -1.36. The number of aliphatic carboxylic acids is 1. The molecule has 58 valence electrons. The van der Waals surface area contributed by atoms with E-state index in [0.29, 0.717) is 0 Å². The molecule has 0 radical (unpaired) electrons. The van der Waals surface area contributed by atoms with Gasteiger partial charge in [0, 0.05) is 6.08 Å². The molecular weight excluding hydrogens is 170 g/mol. The number of carbonyl (C=O) groups is 1. The van der Waals surface area contributed by atoms with Gasteiger partial charge in [-0.05, 0) is 17.7 Å². The lowest BCUT2D eigenvalue weighted by Gasteiger charge is -1.76. The number of carboxylic acids is 1. The van der Waals surface area contributed by atoms with Gasteiger partial charge in [-0.2, -0.15) is 10.1 Å². The first-order valence-corrected chi connectivity index (χ1v) is 3.05. The summed E-state index contributed by atoms with van der Waals surface area (Å²) < 4.78 is 0. The Morgan fingerprint density at radius 2 is 2.45 bits per heavy atom. The second-order valence-corrected chi connectivity index (χ2v) is 2.01. The summed E-state index contributed by atoms with van der Waals surface area (Å²) in [4.78, 5) is 13.6. The smallest absolute Gasteiger partial charge is 0.328 e. The summed E-state index contributed by atoms with van der Waals surface area (Å²) in [5, 5.41) is 14.3. The highest BCUT2D eigenvalue weighted by atomic mass is 35.5. The lowest BCUT2D eigenvalue weighted by atomic mass is 10.5. The van der Waals surface area contributed by atoms with Crippen LogP contribution in [0.25, 0.3) is 6.08 Å². The number of H-pyrrole nitrogens is 1. The van der Waals surface area contributed by atoms with Crippen LogP contribution in [0.2, 0.25) is 5.28 Å². The molecule has 0 amide bonds. The summed E-state index contributed by atoms with van der Waals surface area (Å²) in [6, 6.07) is 0. The molecule has 0 saturated carbocycles. The molecule has 0 aliphatic rings. The standard InChI is InChI=1S/C5H4ClN3O2/c6-5-7-3(8-9-5)1-2-4(10)11/h1-2H,(H,10,11)(H,7,8,9)/b2-1-. The summed E-state index contributed by atoms with van der Waals surface area (Å²) in [5.41, 5.74) is 0. The van der Waals surface area contributed by atoms with Crippen molar-refractivity contribution in [2.75, 3.05) is 0 Å². The normalized spacial score (nSPS) is 10.6. The van der Waals surface area contributed by atoms with Gasteiger partial charge in [0.05, 0.1) is 0 Å². The summed E-state index contributed by atoms with van der Waals surface area (Å²) in [7, 11) is 0. The van der Waals surface area contributed by atoms with Crippen LogP contribution in [-0.4, -0.2) is 26.3 Å². The Morgan fingerprint density at radius 3 is 2.91 bits per heavy atom. The first kappa shape index (κ1) is 7.74. The number of nitrogens with one attached hydrogen (secondary N) is 1. The monoisotopic (exact) mass is 173 g/mol. The quantitative estimate of drug-likeness (QED) is 0.641. The van der Waals surface area contributed by atoms with E-state index in [-0.39, 0.29) is 11.1 Å². The molecule has 0 aromatic carbocycles. The van der Waals surface area contributed by atoms with E-state index in [1.165, 1.54) is 6.08 Å². The summed E-state index contributed by atoms with van der Waals surface area (Å²) in [6.45, 7) is 0. The molecule has 0 saturated heterocycles. The van der Waals surface area contributed by atoms with Crippen LogP contribution >= 0.6 is 11.6 Å². The van der Waals surface area contributed by atoms with Gasteiger partial charge >= 0.3 is 5.97 Å². The molecule has 0 bridgehead atoms. The third-order valence-electron chi connectivity index (χ3n) is 0.850. The van der Waals surface area contributed by atoms with Crippen LogP contribution < -0.4 is 0 Å². The molecule has 6 heteroatoms. The summed E-state index contributed by atoms with van der Waals surface area (Å²) >= 11 is 5.37. The van der Waals surface area contributed by atoms with E-state index in [9.17, 15) is 4.79 Å². The second-order valence-electron chi connectivity index (χ2n) is 1.66. The van der Waals surface area contributed by atoms with E-state index >= 15 is 0 Å². The van der Waals surface area contributed by atoms with Crippen LogP contribution in [0, 0.1) is 0 Å². The fourth-order valence-corrected chi connectivity index (χ4v) is 0.603. The van der Waals surface area contributed by atoms with Gasteiger partial charge in [0.25, 0.3) is 0 Å². The highest BCUT2D eigenvalue weighted by Gasteiger charge is 1.95. The van der Waals surface area contributed by atoms with Gasteiger partial charge < -0.3 is 5.11 Å². The minimum absolute atomic E-state index is 0.134. The van der Waals surface area contributed by atoms with E-state index < -0.39 is 5.97 Å². The minimum atomic E-state index is -1.05. The van der Waals surface area contributed by atoms with Crippen molar-refractivity contribution in [3.8, 4) is 0 Å². The third kappa shape index (κ3) is 2.38. The molecule has 1 aromatic rings. The van der Waals surface area contributed by atoms with Gasteiger partial charge in [-0.1, -0.05) is 0 Å². The number of halogens is 1. The number of hydrogen-bond acceptors (Lipinski definition) is 3. The molecule has 0 aliphatic heterocycles. The van der Waals surface area contributed by atoms with Crippen LogP contribution in [0.4, 0.5) is 0 Å². The molecule has 0 atom stereocenters. The minimum Gasteiger partial charge on any atom is -0.478 e. The maximum Gasteiger partial charge on any atom is 0.328 e. The number of aromatic amines is 1. The Morgan fingerprint density at radius 1 is 1.73 bits per heavy atom. The van der Waals surface area contributed by atoms with Crippen molar-refractivity contribution in [1.29, 1.82) is 0 Å². The van der Waals surface area contributed by atoms with Gasteiger partial charge in [-0.25, -0.2) is 9.89 Å². The van der Waals surface area contributed by atoms with Crippen LogP contribution in [0.5, 0.6) is 0 Å². The van der Waals surface area contributed by atoms with Crippen LogP contribution in [-0.2, 0) is 4.79 Å². The largest absolute Gasteiger partial charge is 0.478 e. The van der Waals surface area contributed by atoms with Gasteiger partial charge in [0.15, 0.2) is 5.82 Å². The Bertz CT molecular complexity index is 294.